The molecule has 2 aliphatic rings. The highest BCUT2D eigenvalue weighted by atomic mass is 35.5. The van der Waals surface area contributed by atoms with Gasteiger partial charge in [0.15, 0.2) is 11.5 Å². The second-order valence-electron chi connectivity index (χ2n) is 6.34. The van der Waals surface area contributed by atoms with E-state index < -0.39 is 0 Å². The third kappa shape index (κ3) is 4.26. The van der Waals surface area contributed by atoms with Crippen LogP contribution < -0.4 is 14.4 Å². The van der Waals surface area contributed by atoms with Crippen molar-refractivity contribution in [1.82, 2.24) is 14.9 Å². The highest BCUT2D eigenvalue weighted by Gasteiger charge is 2.21. The van der Waals surface area contributed by atoms with Gasteiger partial charge in [-0.15, -0.1) is 0 Å². The molecule has 0 radical (unpaired) electrons. The number of fused-ring (bicyclic) bond motifs is 1. The lowest BCUT2D eigenvalue weighted by molar-refractivity contribution is -0.126. The molecule has 1 aromatic carbocycles. The Balaban J connectivity index is 1.27. The molecule has 28 heavy (non-hydrogen) atoms. The van der Waals surface area contributed by atoms with Gasteiger partial charge in [0.2, 0.25) is 18.6 Å². The maximum atomic E-state index is 12.4. The molecule has 4 rings (SSSR count). The zero-order chi connectivity index (χ0) is 19.3. The topological polar surface area (TPSA) is 67.8 Å². The summed E-state index contributed by atoms with van der Waals surface area (Å²) in [6.45, 7) is 2.89. The molecule has 0 aliphatic carbocycles. The lowest BCUT2D eigenvalue weighted by Crippen LogP contribution is -2.48. The molecule has 7 nitrogen and oxygen atoms in total. The molecule has 2 aliphatic heterocycles. The second-order valence-corrected chi connectivity index (χ2v) is 6.78. The van der Waals surface area contributed by atoms with Crippen molar-refractivity contribution in [1.29, 1.82) is 0 Å². The molecule has 1 saturated heterocycles. The Kier molecular flexibility index (Phi) is 5.43. The van der Waals surface area contributed by atoms with Crippen LogP contribution in [0.3, 0.4) is 0 Å². The number of carbonyl (C=O) groups excluding carboxylic acids is 1. The van der Waals surface area contributed by atoms with E-state index in [0.717, 1.165) is 17.1 Å². The van der Waals surface area contributed by atoms with E-state index in [0.29, 0.717) is 37.1 Å². The minimum absolute atomic E-state index is 0.00740. The van der Waals surface area contributed by atoms with Gasteiger partial charge in [0.25, 0.3) is 0 Å². The SMILES string of the molecule is O=C(C=CC=Cc1ccc2c(c1)OCO2)N1CCN(c2ncc(Cl)cn2)CC1. The Labute approximate surface area is 167 Å². The van der Waals surface area contributed by atoms with Crippen molar-refractivity contribution in [2.45, 2.75) is 0 Å². The molecule has 0 unspecified atom stereocenters. The summed E-state index contributed by atoms with van der Waals surface area (Å²) >= 11 is 5.82. The van der Waals surface area contributed by atoms with Crippen molar-refractivity contribution < 1.29 is 14.3 Å². The first-order chi connectivity index (χ1) is 13.7. The standard InChI is InChI=1S/C20H19ClN4O3/c21-16-12-22-20(23-13-16)25-9-7-24(8-10-25)19(26)4-2-1-3-15-5-6-17-18(11-15)28-14-27-17/h1-6,11-13H,7-10,14H2. The molecule has 0 spiro atoms. The predicted molar refractivity (Wildman–Crippen MR) is 107 cm³/mol. The summed E-state index contributed by atoms with van der Waals surface area (Å²) in [5, 5.41) is 0.511. The van der Waals surface area contributed by atoms with Gasteiger partial charge in [-0.3, -0.25) is 4.79 Å². The van der Waals surface area contributed by atoms with Crippen molar-refractivity contribution in [3.05, 3.63) is 59.4 Å². The smallest absolute Gasteiger partial charge is 0.246 e. The molecule has 1 amide bonds. The molecule has 8 heteroatoms. The summed E-state index contributed by atoms with van der Waals surface area (Å²) in [7, 11) is 0. The number of piperazine rings is 1. The van der Waals surface area contributed by atoms with Crippen LogP contribution in [0, 0.1) is 0 Å². The number of ether oxygens (including phenoxy) is 2. The first-order valence-electron chi connectivity index (χ1n) is 8.95. The fourth-order valence-corrected chi connectivity index (χ4v) is 3.12. The van der Waals surface area contributed by atoms with E-state index in [1.807, 2.05) is 40.2 Å². The van der Waals surface area contributed by atoms with Crippen molar-refractivity contribution in [3.8, 4) is 11.5 Å². The number of nitrogens with zero attached hydrogens (tertiary/aromatic N) is 4. The van der Waals surface area contributed by atoms with Gasteiger partial charge in [0, 0.05) is 32.3 Å². The lowest BCUT2D eigenvalue weighted by Gasteiger charge is -2.34. The van der Waals surface area contributed by atoms with E-state index in [9.17, 15) is 4.79 Å². The zero-order valence-corrected chi connectivity index (χ0v) is 15.9. The Hall–Kier alpha value is -3.06. The maximum Gasteiger partial charge on any atom is 0.246 e. The molecule has 1 fully saturated rings. The number of halogens is 1. The van der Waals surface area contributed by atoms with Gasteiger partial charge < -0.3 is 19.3 Å². The minimum Gasteiger partial charge on any atom is -0.454 e. The van der Waals surface area contributed by atoms with Crippen LogP contribution in [-0.4, -0.2) is 53.7 Å². The third-order valence-electron chi connectivity index (χ3n) is 4.52. The number of allylic oxidation sites excluding steroid dienone is 2. The van der Waals surface area contributed by atoms with Crippen molar-refractivity contribution in [2.24, 2.45) is 0 Å². The summed E-state index contributed by atoms with van der Waals surface area (Å²) in [5.41, 5.74) is 0.984. The summed E-state index contributed by atoms with van der Waals surface area (Å²) < 4.78 is 10.6. The average molecular weight is 399 g/mol. The van der Waals surface area contributed by atoms with E-state index in [4.69, 9.17) is 21.1 Å². The molecule has 1 aromatic heterocycles. The number of carbonyl (C=O) groups is 1. The van der Waals surface area contributed by atoms with E-state index in [1.165, 1.54) is 0 Å². The summed E-state index contributed by atoms with van der Waals surface area (Å²) in [5.74, 6) is 2.13. The van der Waals surface area contributed by atoms with Crippen LogP contribution >= 0.6 is 11.6 Å². The van der Waals surface area contributed by atoms with Crippen molar-refractivity contribution in [3.63, 3.8) is 0 Å². The van der Waals surface area contributed by atoms with Crippen molar-refractivity contribution >= 4 is 29.5 Å². The largest absolute Gasteiger partial charge is 0.454 e. The first-order valence-corrected chi connectivity index (χ1v) is 9.33. The molecular formula is C20H19ClN4O3. The van der Waals surface area contributed by atoms with Gasteiger partial charge in [-0.25, -0.2) is 9.97 Å². The average Bonchev–Trinajstić information content (AvgIpc) is 3.20. The number of anilines is 1. The quantitative estimate of drug-likeness (QED) is 0.582. The third-order valence-corrected chi connectivity index (χ3v) is 4.71. The Bertz CT molecular complexity index is 906. The summed E-state index contributed by atoms with van der Waals surface area (Å²) in [6, 6.07) is 5.73. The molecule has 144 valence electrons. The van der Waals surface area contributed by atoms with Crippen LogP contribution in [0.15, 0.2) is 48.8 Å². The number of aromatic nitrogens is 2. The number of amides is 1. The highest BCUT2D eigenvalue weighted by molar-refractivity contribution is 6.30. The fourth-order valence-electron chi connectivity index (χ4n) is 3.02. The van der Waals surface area contributed by atoms with Gasteiger partial charge >= 0.3 is 0 Å². The molecule has 0 saturated carbocycles. The van der Waals surface area contributed by atoms with Crippen LogP contribution in [0.1, 0.15) is 5.56 Å². The van der Waals surface area contributed by atoms with Gasteiger partial charge in [-0.1, -0.05) is 35.9 Å². The Morgan fingerprint density at radius 3 is 2.57 bits per heavy atom. The van der Waals surface area contributed by atoms with Crippen molar-refractivity contribution in [2.75, 3.05) is 37.9 Å². The highest BCUT2D eigenvalue weighted by Crippen LogP contribution is 2.32. The van der Waals surface area contributed by atoms with Crippen LogP contribution in [0.2, 0.25) is 5.02 Å². The Morgan fingerprint density at radius 1 is 1.04 bits per heavy atom. The Morgan fingerprint density at radius 2 is 1.79 bits per heavy atom. The van der Waals surface area contributed by atoms with Gasteiger partial charge in [-0.05, 0) is 17.7 Å². The fraction of sp³-hybridized carbons (Fsp3) is 0.250. The van der Waals surface area contributed by atoms with E-state index in [-0.39, 0.29) is 12.7 Å². The van der Waals surface area contributed by atoms with E-state index in [2.05, 4.69) is 9.97 Å². The molecule has 0 bridgehead atoms. The molecule has 0 atom stereocenters. The van der Waals surface area contributed by atoms with E-state index in [1.54, 1.807) is 24.5 Å². The lowest BCUT2D eigenvalue weighted by atomic mass is 10.2. The summed E-state index contributed by atoms with van der Waals surface area (Å²) in [4.78, 5) is 24.7. The van der Waals surface area contributed by atoms with E-state index >= 15 is 0 Å². The predicted octanol–water partition coefficient (Wildman–Crippen LogP) is 2.78. The number of benzene rings is 1. The number of hydrogen-bond donors (Lipinski definition) is 0. The van der Waals surface area contributed by atoms with Gasteiger partial charge in [0.05, 0.1) is 17.4 Å². The molecular weight excluding hydrogens is 380 g/mol. The van der Waals surface area contributed by atoms with Crippen LogP contribution in [0.4, 0.5) is 5.95 Å². The molecule has 3 heterocycles. The minimum atomic E-state index is -0.00740. The second kappa shape index (κ2) is 8.31. The van der Waals surface area contributed by atoms with Crippen LogP contribution in [0.5, 0.6) is 11.5 Å². The zero-order valence-electron chi connectivity index (χ0n) is 15.1. The maximum absolute atomic E-state index is 12.4. The van der Waals surface area contributed by atoms with Crippen LogP contribution in [-0.2, 0) is 4.79 Å². The monoisotopic (exact) mass is 398 g/mol. The first kappa shape index (κ1) is 18.3. The normalized spacial score (nSPS) is 16.3. The summed E-state index contributed by atoms with van der Waals surface area (Å²) in [6.07, 6.45) is 10.3. The molecule has 0 N–H and O–H groups in total. The van der Waals surface area contributed by atoms with Gasteiger partial charge in [-0.2, -0.15) is 0 Å². The molecule has 2 aromatic rings. The van der Waals surface area contributed by atoms with Crippen LogP contribution in [0.25, 0.3) is 6.08 Å². The van der Waals surface area contributed by atoms with Gasteiger partial charge in [0.1, 0.15) is 0 Å². The number of hydrogen-bond acceptors (Lipinski definition) is 6. The number of rotatable bonds is 4.